The van der Waals surface area contributed by atoms with Gasteiger partial charge in [0.05, 0.1) is 11.0 Å². The Hall–Kier alpha value is -0.0900. The van der Waals surface area contributed by atoms with Gasteiger partial charge in [-0.1, -0.05) is 39.5 Å². The largest absolute Gasteiger partial charge is 0.314 e. The third-order valence-electron chi connectivity index (χ3n) is 4.35. The molecular formula is C15H31NO2S. The summed E-state index contributed by atoms with van der Waals surface area (Å²) in [5, 5.41) is 3.25. The zero-order chi connectivity index (χ0) is 14.5. The van der Waals surface area contributed by atoms with Gasteiger partial charge in [0.25, 0.3) is 0 Å². The molecule has 0 spiro atoms. The van der Waals surface area contributed by atoms with Crippen molar-refractivity contribution >= 4 is 9.84 Å². The lowest BCUT2D eigenvalue weighted by Gasteiger charge is -2.25. The van der Waals surface area contributed by atoms with Crippen molar-refractivity contribution in [1.29, 1.82) is 0 Å². The van der Waals surface area contributed by atoms with Crippen LogP contribution in [0.5, 0.6) is 0 Å². The van der Waals surface area contributed by atoms with Crippen LogP contribution < -0.4 is 5.32 Å². The summed E-state index contributed by atoms with van der Waals surface area (Å²) in [6.45, 7) is 8.83. The SMILES string of the molecule is CC(C)NCC(CCS(=O)(=O)C(C)C)C1CCCC1. The minimum absolute atomic E-state index is 0.241. The minimum Gasteiger partial charge on any atom is -0.314 e. The fourth-order valence-corrected chi connectivity index (χ4v) is 3.97. The molecule has 0 aromatic rings. The predicted octanol–water partition coefficient (Wildman–Crippen LogP) is 3.00. The van der Waals surface area contributed by atoms with Gasteiger partial charge in [0.1, 0.15) is 0 Å². The van der Waals surface area contributed by atoms with Crippen molar-refractivity contribution in [3.8, 4) is 0 Å². The van der Waals surface area contributed by atoms with Crippen LogP contribution in [0.25, 0.3) is 0 Å². The second-order valence-electron chi connectivity index (χ2n) is 6.57. The first-order chi connectivity index (χ1) is 8.83. The highest BCUT2D eigenvalue weighted by Crippen LogP contribution is 2.33. The molecule has 0 saturated heterocycles. The Bertz CT molecular complexity index is 343. The number of hydrogen-bond acceptors (Lipinski definition) is 3. The van der Waals surface area contributed by atoms with E-state index in [1.54, 1.807) is 13.8 Å². The van der Waals surface area contributed by atoms with Crippen LogP contribution in [0.3, 0.4) is 0 Å². The highest BCUT2D eigenvalue weighted by Gasteiger charge is 2.27. The molecule has 0 heterocycles. The maximum Gasteiger partial charge on any atom is 0.152 e. The van der Waals surface area contributed by atoms with Crippen molar-refractivity contribution in [2.45, 2.75) is 71.1 Å². The zero-order valence-corrected chi connectivity index (χ0v) is 13.8. The van der Waals surface area contributed by atoms with E-state index in [0.717, 1.165) is 18.9 Å². The summed E-state index contributed by atoms with van der Waals surface area (Å²) in [6.07, 6.45) is 6.03. The zero-order valence-electron chi connectivity index (χ0n) is 13.0. The van der Waals surface area contributed by atoms with E-state index >= 15 is 0 Å². The fraction of sp³-hybridized carbons (Fsp3) is 1.00. The lowest BCUT2D eigenvalue weighted by Crippen LogP contribution is -2.33. The molecule has 0 aliphatic heterocycles. The summed E-state index contributed by atoms with van der Waals surface area (Å²) in [4.78, 5) is 0. The Labute approximate surface area is 119 Å². The quantitative estimate of drug-likeness (QED) is 0.747. The average molecular weight is 289 g/mol. The molecule has 4 heteroatoms. The van der Waals surface area contributed by atoms with Crippen molar-refractivity contribution < 1.29 is 8.42 Å². The molecule has 1 aliphatic carbocycles. The molecule has 114 valence electrons. The molecule has 1 N–H and O–H groups in total. The second kappa shape index (κ2) is 7.63. The maximum absolute atomic E-state index is 12.0. The van der Waals surface area contributed by atoms with Gasteiger partial charge < -0.3 is 5.32 Å². The van der Waals surface area contributed by atoms with E-state index in [2.05, 4.69) is 19.2 Å². The first-order valence-electron chi connectivity index (χ1n) is 7.78. The fourth-order valence-electron chi connectivity index (χ4n) is 2.87. The highest BCUT2D eigenvalue weighted by molar-refractivity contribution is 7.91. The molecule has 1 atom stereocenters. The van der Waals surface area contributed by atoms with Gasteiger partial charge in [-0.15, -0.1) is 0 Å². The Morgan fingerprint density at radius 2 is 1.68 bits per heavy atom. The monoisotopic (exact) mass is 289 g/mol. The van der Waals surface area contributed by atoms with Crippen LogP contribution in [0.2, 0.25) is 0 Å². The first-order valence-corrected chi connectivity index (χ1v) is 9.49. The van der Waals surface area contributed by atoms with Crippen molar-refractivity contribution in [3.63, 3.8) is 0 Å². The normalized spacial score (nSPS) is 19.5. The molecule has 0 aromatic heterocycles. The summed E-state index contributed by atoms with van der Waals surface area (Å²) in [5.74, 6) is 1.61. The molecule has 0 aromatic carbocycles. The summed E-state index contributed by atoms with van der Waals surface area (Å²) in [5.41, 5.74) is 0. The van der Waals surface area contributed by atoms with E-state index in [4.69, 9.17) is 0 Å². The van der Waals surface area contributed by atoms with Gasteiger partial charge in [-0.2, -0.15) is 0 Å². The van der Waals surface area contributed by atoms with Crippen LogP contribution >= 0.6 is 0 Å². The van der Waals surface area contributed by atoms with Gasteiger partial charge in [0, 0.05) is 6.04 Å². The molecule has 1 saturated carbocycles. The van der Waals surface area contributed by atoms with Gasteiger partial charge in [-0.3, -0.25) is 0 Å². The second-order valence-corrected chi connectivity index (χ2v) is 9.25. The van der Waals surface area contributed by atoms with E-state index < -0.39 is 9.84 Å². The van der Waals surface area contributed by atoms with E-state index in [9.17, 15) is 8.42 Å². The van der Waals surface area contributed by atoms with Gasteiger partial charge in [0.2, 0.25) is 0 Å². The van der Waals surface area contributed by atoms with Gasteiger partial charge in [-0.05, 0) is 38.6 Å². The van der Waals surface area contributed by atoms with Gasteiger partial charge >= 0.3 is 0 Å². The van der Waals surface area contributed by atoms with Crippen molar-refractivity contribution in [3.05, 3.63) is 0 Å². The highest BCUT2D eigenvalue weighted by atomic mass is 32.2. The van der Waals surface area contributed by atoms with Crippen LogP contribution in [0.15, 0.2) is 0 Å². The minimum atomic E-state index is -2.89. The molecule has 3 nitrogen and oxygen atoms in total. The summed E-state index contributed by atoms with van der Waals surface area (Å²) >= 11 is 0. The Morgan fingerprint density at radius 1 is 1.11 bits per heavy atom. The molecule has 1 rings (SSSR count). The third-order valence-corrected chi connectivity index (χ3v) is 6.59. The molecule has 1 fully saturated rings. The predicted molar refractivity (Wildman–Crippen MR) is 82.1 cm³/mol. The molecule has 0 radical (unpaired) electrons. The van der Waals surface area contributed by atoms with Crippen molar-refractivity contribution in [2.24, 2.45) is 11.8 Å². The molecular weight excluding hydrogens is 258 g/mol. The molecule has 1 unspecified atom stereocenters. The Kier molecular flexibility index (Phi) is 6.81. The lowest BCUT2D eigenvalue weighted by molar-refractivity contribution is 0.307. The van der Waals surface area contributed by atoms with Crippen molar-refractivity contribution in [1.82, 2.24) is 5.32 Å². The Balaban J connectivity index is 2.53. The molecule has 19 heavy (non-hydrogen) atoms. The summed E-state index contributed by atoms with van der Waals surface area (Å²) in [6, 6.07) is 0.477. The number of hydrogen-bond donors (Lipinski definition) is 1. The smallest absolute Gasteiger partial charge is 0.152 e. The van der Waals surface area contributed by atoms with Crippen molar-refractivity contribution in [2.75, 3.05) is 12.3 Å². The van der Waals surface area contributed by atoms with Gasteiger partial charge in [-0.25, -0.2) is 8.42 Å². The van der Waals surface area contributed by atoms with Crippen LogP contribution in [-0.4, -0.2) is 32.0 Å². The summed E-state index contributed by atoms with van der Waals surface area (Å²) < 4.78 is 23.9. The van der Waals surface area contributed by atoms with E-state index in [1.807, 2.05) is 0 Å². The number of rotatable bonds is 8. The molecule has 0 bridgehead atoms. The maximum atomic E-state index is 12.0. The van der Waals surface area contributed by atoms with E-state index in [-0.39, 0.29) is 5.25 Å². The molecule has 1 aliphatic rings. The average Bonchev–Trinajstić information content (AvgIpc) is 2.82. The van der Waals surface area contributed by atoms with Crippen LogP contribution in [0.1, 0.15) is 59.8 Å². The number of sulfone groups is 1. The first kappa shape index (κ1) is 17.0. The topological polar surface area (TPSA) is 46.2 Å². The van der Waals surface area contributed by atoms with Crippen LogP contribution in [-0.2, 0) is 9.84 Å². The standard InChI is InChI=1S/C15H31NO2S/c1-12(2)16-11-15(14-7-5-6-8-14)9-10-19(17,18)13(3)4/h12-16H,5-11H2,1-4H3. The van der Waals surface area contributed by atoms with Crippen LogP contribution in [0.4, 0.5) is 0 Å². The Morgan fingerprint density at radius 3 is 2.16 bits per heavy atom. The lowest BCUT2D eigenvalue weighted by atomic mass is 9.88. The summed E-state index contributed by atoms with van der Waals surface area (Å²) in [7, 11) is -2.89. The van der Waals surface area contributed by atoms with E-state index in [1.165, 1.54) is 25.7 Å². The molecule has 0 amide bonds. The third kappa shape index (κ3) is 5.82. The van der Waals surface area contributed by atoms with Gasteiger partial charge in [0.15, 0.2) is 9.84 Å². The van der Waals surface area contributed by atoms with E-state index in [0.29, 0.717) is 17.7 Å². The number of nitrogens with one attached hydrogen (secondary N) is 1. The van der Waals surface area contributed by atoms with Crippen LogP contribution in [0, 0.1) is 11.8 Å².